The van der Waals surface area contributed by atoms with Crippen molar-refractivity contribution in [2.24, 2.45) is 0 Å². The first kappa shape index (κ1) is 22.5. The van der Waals surface area contributed by atoms with E-state index in [0.29, 0.717) is 18.1 Å². The fourth-order valence-electron chi connectivity index (χ4n) is 3.76. The quantitative estimate of drug-likeness (QED) is 0.499. The minimum atomic E-state index is -0.673. The molecule has 1 fully saturated rings. The third kappa shape index (κ3) is 5.40. The summed E-state index contributed by atoms with van der Waals surface area (Å²) >= 11 is 6.32. The van der Waals surface area contributed by atoms with Crippen LogP contribution in [0.1, 0.15) is 24.0 Å². The fourth-order valence-corrected chi connectivity index (χ4v) is 3.96. The molecule has 33 heavy (non-hydrogen) atoms. The molecule has 8 nitrogen and oxygen atoms in total. The first-order valence-electron chi connectivity index (χ1n) is 10.6. The van der Waals surface area contributed by atoms with E-state index in [-0.39, 0.29) is 18.7 Å². The first-order valence-corrected chi connectivity index (χ1v) is 11.0. The van der Waals surface area contributed by atoms with Crippen LogP contribution in [0.15, 0.2) is 60.8 Å². The Morgan fingerprint density at radius 3 is 2.52 bits per heavy atom. The number of hydrogen-bond acceptors (Lipinski definition) is 4. The Kier molecular flexibility index (Phi) is 6.74. The molecule has 1 saturated heterocycles. The molecule has 4 amide bonds. The predicted molar refractivity (Wildman–Crippen MR) is 124 cm³/mol. The van der Waals surface area contributed by atoms with Crippen LogP contribution in [0, 0.1) is 0 Å². The van der Waals surface area contributed by atoms with Gasteiger partial charge in [0.25, 0.3) is 5.91 Å². The lowest BCUT2D eigenvalue weighted by molar-refractivity contribution is -0.130. The number of amides is 4. The number of imide groups is 1. The number of urea groups is 1. The van der Waals surface area contributed by atoms with Crippen molar-refractivity contribution in [3.8, 4) is 11.3 Å². The SMILES string of the molecule is CN(Cc1cn(Cc2ccccc2Cl)nc1-c1ccccc1)C(=O)CC[C@@H]1NC(=O)NC1=O. The van der Waals surface area contributed by atoms with Crippen LogP contribution in [0.4, 0.5) is 4.79 Å². The number of benzene rings is 2. The molecule has 0 bridgehead atoms. The molecular formula is C24H24ClN5O3. The molecule has 3 aromatic rings. The third-order valence-electron chi connectivity index (χ3n) is 5.51. The second-order valence-electron chi connectivity index (χ2n) is 7.96. The van der Waals surface area contributed by atoms with Gasteiger partial charge < -0.3 is 10.2 Å². The third-order valence-corrected chi connectivity index (χ3v) is 5.88. The summed E-state index contributed by atoms with van der Waals surface area (Å²) in [5.41, 5.74) is 3.60. The Balaban J connectivity index is 1.50. The van der Waals surface area contributed by atoms with Gasteiger partial charge >= 0.3 is 6.03 Å². The van der Waals surface area contributed by atoms with E-state index in [1.807, 2.05) is 65.5 Å². The van der Waals surface area contributed by atoms with Gasteiger partial charge in [-0.05, 0) is 18.1 Å². The monoisotopic (exact) mass is 465 g/mol. The summed E-state index contributed by atoms with van der Waals surface area (Å²) < 4.78 is 1.83. The lowest BCUT2D eigenvalue weighted by Crippen LogP contribution is -2.32. The molecule has 4 rings (SSSR count). The van der Waals surface area contributed by atoms with Gasteiger partial charge in [-0.1, -0.05) is 60.1 Å². The molecule has 0 spiro atoms. The number of nitrogens with zero attached hydrogens (tertiary/aromatic N) is 3. The largest absolute Gasteiger partial charge is 0.341 e. The van der Waals surface area contributed by atoms with Gasteiger partial charge in [-0.15, -0.1) is 0 Å². The smallest absolute Gasteiger partial charge is 0.322 e. The molecule has 2 aromatic carbocycles. The second kappa shape index (κ2) is 9.87. The van der Waals surface area contributed by atoms with E-state index in [1.165, 1.54) is 0 Å². The van der Waals surface area contributed by atoms with Crippen molar-refractivity contribution in [2.45, 2.75) is 32.0 Å². The zero-order valence-electron chi connectivity index (χ0n) is 18.1. The first-order chi connectivity index (χ1) is 15.9. The minimum Gasteiger partial charge on any atom is -0.341 e. The van der Waals surface area contributed by atoms with Gasteiger partial charge in [0.2, 0.25) is 5.91 Å². The summed E-state index contributed by atoms with van der Waals surface area (Å²) in [7, 11) is 1.72. The van der Waals surface area contributed by atoms with Crippen LogP contribution >= 0.6 is 11.6 Å². The molecule has 1 aromatic heterocycles. The van der Waals surface area contributed by atoms with Gasteiger partial charge in [-0.2, -0.15) is 5.10 Å². The van der Waals surface area contributed by atoms with Gasteiger partial charge in [0, 0.05) is 42.4 Å². The second-order valence-corrected chi connectivity index (χ2v) is 8.37. The molecule has 1 aliphatic rings. The van der Waals surface area contributed by atoms with E-state index in [4.69, 9.17) is 16.7 Å². The van der Waals surface area contributed by atoms with Crippen LogP contribution in [0.5, 0.6) is 0 Å². The lowest BCUT2D eigenvalue weighted by atomic mass is 10.1. The minimum absolute atomic E-state index is 0.123. The standard InChI is InChI=1S/C24H24ClN5O3/c1-29(21(31)12-11-20-23(32)27-24(33)26-20)13-18-15-30(14-17-9-5-6-10-19(17)25)28-22(18)16-7-3-2-4-8-16/h2-10,15,20H,11-14H2,1H3,(H2,26,27,32,33)/t20-/m0/s1. The summed E-state index contributed by atoms with van der Waals surface area (Å²) in [6.45, 7) is 0.864. The van der Waals surface area contributed by atoms with Gasteiger partial charge in [0.1, 0.15) is 6.04 Å². The van der Waals surface area contributed by atoms with E-state index in [9.17, 15) is 14.4 Å². The van der Waals surface area contributed by atoms with E-state index in [2.05, 4.69) is 10.6 Å². The zero-order valence-corrected chi connectivity index (χ0v) is 18.9. The number of carbonyl (C=O) groups is 3. The van der Waals surface area contributed by atoms with E-state index in [1.54, 1.807) is 11.9 Å². The van der Waals surface area contributed by atoms with Crippen LogP contribution < -0.4 is 10.6 Å². The van der Waals surface area contributed by atoms with E-state index in [0.717, 1.165) is 22.4 Å². The Morgan fingerprint density at radius 1 is 1.09 bits per heavy atom. The highest BCUT2D eigenvalue weighted by atomic mass is 35.5. The molecule has 0 radical (unpaired) electrons. The number of hydrogen-bond donors (Lipinski definition) is 2. The number of halogens is 1. The Morgan fingerprint density at radius 2 is 1.82 bits per heavy atom. The molecule has 0 aliphatic carbocycles. The predicted octanol–water partition coefficient (Wildman–Crippen LogP) is 3.20. The summed E-state index contributed by atoms with van der Waals surface area (Å²) in [5.74, 6) is -0.524. The Bertz CT molecular complexity index is 1180. The fraction of sp³-hybridized carbons (Fsp3) is 0.250. The summed E-state index contributed by atoms with van der Waals surface area (Å²) in [6, 6.07) is 16.2. The average Bonchev–Trinajstić information content (AvgIpc) is 3.35. The highest BCUT2D eigenvalue weighted by Crippen LogP contribution is 2.25. The van der Waals surface area contributed by atoms with Crippen molar-refractivity contribution in [1.29, 1.82) is 0 Å². The van der Waals surface area contributed by atoms with Crippen LogP contribution in [0.25, 0.3) is 11.3 Å². The highest BCUT2D eigenvalue weighted by Gasteiger charge is 2.30. The molecule has 0 saturated carbocycles. The van der Waals surface area contributed by atoms with Gasteiger partial charge in [-0.25, -0.2) is 4.79 Å². The molecule has 0 unspecified atom stereocenters. The molecule has 2 heterocycles. The van der Waals surface area contributed by atoms with Crippen molar-refractivity contribution >= 4 is 29.4 Å². The van der Waals surface area contributed by atoms with Gasteiger partial charge in [0.05, 0.1) is 12.2 Å². The lowest BCUT2D eigenvalue weighted by Gasteiger charge is -2.18. The maximum Gasteiger partial charge on any atom is 0.322 e. The van der Waals surface area contributed by atoms with Crippen molar-refractivity contribution in [3.63, 3.8) is 0 Å². The molecular weight excluding hydrogens is 442 g/mol. The molecule has 2 N–H and O–H groups in total. The van der Waals surface area contributed by atoms with Crippen molar-refractivity contribution in [1.82, 2.24) is 25.3 Å². The maximum absolute atomic E-state index is 12.7. The van der Waals surface area contributed by atoms with Gasteiger partial charge in [0.15, 0.2) is 0 Å². The van der Waals surface area contributed by atoms with Crippen LogP contribution in [-0.2, 0) is 22.7 Å². The van der Waals surface area contributed by atoms with E-state index >= 15 is 0 Å². The molecule has 1 aliphatic heterocycles. The normalized spacial score (nSPS) is 15.3. The van der Waals surface area contributed by atoms with Crippen LogP contribution in [-0.4, -0.2) is 45.6 Å². The van der Waals surface area contributed by atoms with Crippen LogP contribution in [0.3, 0.4) is 0 Å². The number of rotatable bonds is 8. The van der Waals surface area contributed by atoms with Crippen molar-refractivity contribution in [2.75, 3.05) is 7.05 Å². The molecule has 9 heteroatoms. The Labute approximate surface area is 196 Å². The number of carbonyl (C=O) groups excluding carboxylic acids is 3. The van der Waals surface area contributed by atoms with Crippen molar-refractivity contribution in [3.05, 3.63) is 76.9 Å². The summed E-state index contributed by atoms with van der Waals surface area (Å²) in [4.78, 5) is 37.3. The average molecular weight is 466 g/mol. The maximum atomic E-state index is 12.7. The van der Waals surface area contributed by atoms with Crippen molar-refractivity contribution < 1.29 is 14.4 Å². The molecule has 1 atom stereocenters. The summed E-state index contributed by atoms with van der Waals surface area (Å²) in [5, 5.41) is 10.1. The topological polar surface area (TPSA) is 96.3 Å². The highest BCUT2D eigenvalue weighted by molar-refractivity contribution is 6.31. The number of aromatic nitrogens is 2. The Hall–Kier alpha value is -3.65. The summed E-state index contributed by atoms with van der Waals surface area (Å²) in [6.07, 6.45) is 2.32. The van der Waals surface area contributed by atoms with E-state index < -0.39 is 18.0 Å². The number of nitrogens with one attached hydrogen (secondary N) is 2. The molecule has 170 valence electrons. The van der Waals surface area contributed by atoms with Crippen LogP contribution in [0.2, 0.25) is 5.02 Å². The zero-order chi connectivity index (χ0) is 23.4. The van der Waals surface area contributed by atoms with Gasteiger partial charge in [-0.3, -0.25) is 19.6 Å².